The Bertz CT molecular complexity index is 477. The van der Waals surface area contributed by atoms with Crippen LogP contribution in [0.3, 0.4) is 0 Å². The van der Waals surface area contributed by atoms with Crippen LogP contribution in [0.5, 0.6) is 0 Å². The summed E-state index contributed by atoms with van der Waals surface area (Å²) in [6.07, 6.45) is 3.57. The molecule has 90 valence electrons. The minimum absolute atomic E-state index is 0.308. The summed E-state index contributed by atoms with van der Waals surface area (Å²) in [7, 11) is 0. The molecule has 0 bridgehead atoms. The number of aromatic nitrogens is 3. The molecule has 2 aromatic heterocycles. The van der Waals surface area contributed by atoms with Crippen LogP contribution < -0.4 is 5.32 Å². The fourth-order valence-electron chi connectivity index (χ4n) is 2.34. The Morgan fingerprint density at radius 3 is 3.29 bits per heavy atom. The Balaban J connectivity index is 1.92. The second kappa shape index (κ2) is 4.43. The molecule has 3 heterocycles. The zero-order chi connectivity index (χ0) is 11.7. The van der Waals surface area contributed by atoms with Gasteiger partial charge in [0.05, 0.1) is 36.4 Å². The lowest BCUT2D eigenvalue weighted by atomic mass is 10.0. The SMILES string of the molecule is CCNC1COCC1c1nc2ccncc2[nH]1. The minimum atomic E-state index is 0.308. The highest BCUT2D eigenvalue weighted by Crippen LogP contribution is 2.25. The van der Waals surface area contributed by atoms with Crippen LogP contribution in [0.25, 0.3) is 11.0 Å². The summed E-state index contributed by atoms with van der Waals surface area (Å²) in [6, 6.07) is 2.28. The van der Waals surface area contributed by atoms with Crippen molar-refractivity contribution in [2.45, 2.75) is 18.9 Å². The van der Waals surface area contributed by atoms with Gasteiger partial charge in [0, 0.05) is 12.2 Å². The van der Waals surface area contributed by atoms with Crippen LogP contribution in [0.1, 0.15) is 18.7 Å². The van der Waals surface area contributed by atoms with E-state index < -0.39 is 0 Å². The Hall–Kier alpha value is -1.46. The van der Waals surface area contributed by atoms with Crippen LogP contribution in [-0.2, 0) is 4.74 Å². The van der Waals surface area contributed by atoms with Crippen molar-refractivity contribution in [3.63, 3.8) is 0 Å². The highest BCUT2D eigenvalue weighted by atomic mass is 16.5. The third kappa shape index (κ3) is 1.92. The van der Waals surface area contributed by atoms with Crippen LogP contribution >= 0.6 is 0 Å². The minimum Gasteiger partial charge on any atom is -0.379 e. The molecule has 1 aliphatic heterocycles. The van der Waals surface area contributed by atoms with E-state index in [4.69, 9.17) is 4.74 Å². The van der Waals surface area contributed by atoms with Crippen LogP contribution in [0, 0.1) is 0 Å². The number of hydrogen-bond donors (Lipinski definition) is 2. The van der Waals surface area contributed by atoms with Crippen molar-refractivity contribution < 1.29 is 4.74 Å². The lowest BCUT2D eigenvalue weighted by Gasteiger charge is -2.15. The number of hydrogen-bond acceptors (Lipinski definition) is 4. The molecular weight excluding hydrogens is 216 g/mol. The predicted octanol–water partition coefficient (Wildman–Crippen LogP) is 1.05. The average Bonchev–Trinajstić information content (AvgIpc) is 2.94. The van der Waals surface area contributed by atoms with Crippen molar-refractivity contribution in [3.8, 4) is 0 Å². The van der Waals surface area contributed by atoms with Crippen LogP contribution in [-0.4, -0.2) is 40.8 Å². The summed E-state index contributed by atoms with van der Waals surface area (Å²) >= 11 is 0. The van der Waals surface area contributed by atoms with Gasteiger partial charge in [-0.25, -0.2) is 4.98 Å². The molecule has 1 fully saturated rings. The molecule has 0 spiro atoms. The molecule has 2 atom stereocenters. The highest BCUT2D eigenvalue weighted by molar-refractivity contribution is 5.73. The Kier molecular flexibility index (Phi) is 2.78. The summed E-state index contributed by atoms with van der Waals surface area (Å²) in [4.78, 5) is 12.0. The van der Waals surface area contributed by atoms with Crippen molar-refractivity contribution in [2.75, 3.05) is 19.8 Å². The van der Waals surface area contributed by atoms with Crippen molar-refractivity contribution in [3.05, 3.63) is 24.3 Å². The first-order valence-electron chi connectivity index (χ1n) is 5.99. The second-order valence-corrected chi connectivity index (χ2v) is 4.32. The van der Waals surface area contributed by atoms with E-state index in [2.05, 4.69) is 27.2 Å². The normalized spacial score (nSPS) is 24.5. The van der Waals surface area contributed by atoms with E-state index in [0.29, 0.717) is 12.0 Å². The van der Waals surface area contributed by atoms with Gasteiger partial charge < -0.3 is 15.0 Å². The molecule has 17 heavy (non-hydrogen) atoms. The summed E-state index contributed by atoms with van der Waals surface area (Å²) in [5.74, 6) is 1.30. The molecule has 0 aromatic carbocycles. The van der Waals surface area contributed by atoms with Crippen LogP contribution in [0.4, 0.5) is 0 Å². The maximum absolute atomic E-state index is 5.53. The highest BCUT2D eigenvalue weighted by Gasteiger charge is 2.31. The molecule has 0 saturated carbocycles. The van der Waals surface area contributed by atoms with E-state index in [0.717, 1.165) is 36.6 Å². The third-order valence-corrected chi connectivity index (χ3v) is 3.20. The molecule has 0 aliphatic carbocycles. The van der Waals surface area contributed by atoms with Crippen molar-refractivity contribution in [1.82, 2.24) is 20.3 Å². The number of H-pyrrole nitrogens is 1. The number of aromatic amines is 1. The topological polar surface area (TPSA) is 62.8 Å². The molecular formula is C12H16N4O. The standard InChI is InChI=1S/C12H16N4O/c1-2-14-11-7-17-6-8(11)12-15-9-3-4-13-5-10(9)16-12/h3-5,8,11,14H,2,6-7H2,1H3,(H,15,16). The van der Waals surface area contributed by atoms with Gasteiger partial charge in [-0.1, -0.05) is 6.92 Å². The van der Waals surface area contributed by atoms with E-state index in [1.54, 1.807) is 6.20 Å². The van der Waals surface area contributed by atoms with E-state index in [1.165, 1.54) is 0 Å². The van der Waals surface area contributed by atoms with E-state index in [9.17, 15) is 0 Å². The zero-order valence-electron chi connectivity index (χ0n) is 9.81. The quantitative estimate of drug-likeness (QED) is 0.830. The first kappa shape index (κ1) is 10.7. The van der Waals surface area contributed by atoms with Crippen LogP contribution in [0.15, 0.2) is 18.5 Å². The number of imidazole rings is 1. The summed E-state index contributed by atoms with van der Waals surface area (Å²) in [5.41, 5.74) is 1.96. The maximum atomic E-state index is 5.53. The van der Waals surface area contributed by atoms with Gasteiger partial charge in [-0.15, -0.1) is 0 Å². The fraction of sp³-hybridized carbons (Fsp3) is 0.500. The first-order chi connectivity index (χ1) is 8.38. The number of likely N-dealkylation sites (N-methyl/N-ethyl adjacent to an activating group) is 1. The van der Waals surface area contributed by atoms with Gasteiger partial charge in [0.2, 0.25) is 0 Å². The average molecular weight is 232 g/mol. The number of nitrogens with one attached hydrogen (secondary N) is 2. The maximum Gasteiger partial charge on any atom is 0.114 e. The van der Waals surface area contributed by atoms with Gasteiger partial charge >= 0.3 is 0 Å². The number of ether oxygens (including phenoxy) is 1. The van der Waals surface area contributed by atoms with Crippen LogP contribution in [0.2, 0.25) is 0 Å². The first-order valence-corrected chi connectivity index (χ1v) is 5.99. The molecule has 2 N–H and O–H groups in total. The van der Waals surface area contributed by atoms with Gasteiger partial charge in [-0.2, -0.15) is 0 Å². The summed E-state index contributed by atoms with van der Waals surface area (Å²) in [6.45, 7) is 4.54. The fourth-order valence-corrected chi connectivity index (χ4v) is 2.34. The van der Waals surface area contributed by atoms with E-state index in [1.807, 2.05) is 12.3 Å². The summed E-state index contributed by atoms with van der Waals surface area (Å²) < 4.78 is 5.53. The second-order valence-electron chi connectivity index (χ2n) is 4.32. The molecule has 1 saturated heterocycles. The van der Waals surface area contributed by atoms with E-state index in [-0.39, 0.29) is 0 Å². The van der Waals surface area contributed by atoms with Crippen molar-refractivity contribution in [1.29, 1.82) is 0 Å². The lowest BCUT2D eigenvalue weighted by Crippen LogP contribution is -2.34. The predicted molar refractivity (Wildman–Crippen MR) is 64.9 cm³/mol. The Morgan fingerprint density at radius 2 is 2.47 bits per heavy atom. The number of fused-ring (bicyclic) bond motifs is 1. The lowest BCUT2D eigenvalue weighted by molar-refractivity contribution is 0.187. The smallest absolute Gasteiger partial charge is 0.114 e. The van der Waals surface area contributed by atoms with Gasteiger partial charge in [-0.05, 0) is 12.6 Å². The molecule has 2 aromatic rings. The van der Waals surface area contributed by atoms with Crippen molar-refractivity contribution >= 4 is 11.0 Å². The van der Waals surface area contributed by atoms with Gasteiger partial charge in [0.1, 0.15) is 5.82 Å². The largest absolute Gasteiger partial charge is 0.379 e. The molecule has 5 heteroatoms. The van der Waals surface area contributed by atoms with Crippen molar-refractivity contribution in [2.24, 2.45) is 0 Å². The van der Waals surface area contributed by atoms with E-state index >= 15 is 0 Å². The third-order valence-electron chi connectivity index (χ3n) is 3.20. The monoisotopic (exact) mass is 232 g/mol. The molecule has 2 unspecified atom stereocenters. The Labute approximate surface area is 99.6 Å². The molecule has 0 radical (unpaired) electrons. The summed E-state index contributed by atoms with van der Waals surface area (Å²) in [5, 5.41) is 3.44. The number of nitrogens with zero attached hydrogens (tertiary/aromatic N) is 2. The van der Waals surface area contributed by atoms with Gasteiger partial charge in [-0.3, -0.25) is 4.98 Å². The Morgan fingerprint density at radius 1 is 1.53 bits per heavy atom. The molecule has 5 nitrogen and oxygen atoms in total. The molecule has 0 amide bonds. The van der Waals surface area contributed by atoms with Gasteiger partial charge in [0.15, 0.2) is 0 Å². The molecule has 3 rings (SSSR count). The molecule has 1 aliphatic rings. The number of pyridine rings is 1. The number of rotatable bonds is 3. The zero-order valence-corrected chi connectivity index (χ0v) is 9.81. The van der Waals surface area contributed by atoms with Gasteiger partial charge in [0.25, 0.3) is 0 Å².